The number of hydrogen-bond acceptors (Lipinski definition) is 4. The third-order valence-corrected chi connectivity index (χ3v) is 6.10. The van der Waals surface area contributed by atoms with Crippen molar-refractivity contribution in [2.45, 2.75) is 49.8 Å². The van der Waals surface area contributed by atoms with Crippen LogP contribution >= 0.6 is 0 Å². The molecule has 1 fully saturated rings. The Kier molecular flexibility index (Phi) is 6.92. The van der Waals surface area contributed by atoms with Gasteiger partial charge in [0.1, 0.15) is 12.2 Å². The Bertz CT molecular complexity index is 942. The summed E-state index contributed by atoms with van der Waals surface area (Å²) in [5.74, 6) is -0.608. The third-order valence-electron chi connectivity index (χ3n) is 6.10. The molecule has 0 radical (unpaired) electrons. The van der Waals surface area contributed by atoms with Crippen molar-refractivity contribution >= 4 is 5.91 Å². The number of primary amides is 1. The molecular weight excluding hydrogens is 426 g/mol. The Morgan fingerprint density at radius 2 is 1.88 bits per heavy atom. The largest absolute Gasteiger partial charge is 0.416 e. The highest BCUT2D eigenvalue weighted by Crippen LogP contribution is 2.36. The third kappa shape index (κ3) is 5.11. The van der Waals surface area contributed by atoms with Crippen LogP contribution in [0.2, 0.25) is 0 Å². The summed E-state index contributed by atoms with van der Waals surface area (Å²) in [5.41, 5.74) is 9.81. The molecule has 5 nitrogen and oxygen atoms in total. The van der Waals surface area contributed by atoms with Crippen LogP contribution in [0.3, 0.4) is 0 Å². The minimum Gasteiger partial charge on any atom is -0.372 e. The number of piperidine rings is 1. The van der Waals surface area contributed by atoms with Crippen molar-refractivity contribution in [1.82, 2.24) is 5.32 Å². The zero-order valence-corrected chi connectivity index (χ0v) is 17.7. The van der Waals surface area contributed by atoms with Crippen LogP contribution in [0.5, 0.6) is 0 Å². The van der Waals surface area contributed by atoms with Crippen LogP contribution in [0.1, 0.15) is 48.1 Å². The molecule has 1 heterocycles. The van der Waals surface area contributed by atoms with E-state index in [1.165, 1.54) is 6.07 Å². The maximum absolute atomic E-state index is 13.2. The molecule has 2 aromatic rings. The predicted octanol–water partition coefficient (Wildman–Crippen LogP) is 3.71. The van der Waals surface area contributed by atoms with Crippen LogP contribution in [0.15, 0.2) is 48.5 Å². The van der Waals surface area contributed by atoms with E-state index in [9.17, 15) is 22.4 Å². The number of alkyl halides is 4. The van der Waals surface area contributed by atoms with Crippen molar-refractivity contribution < 1.29 is 27.1 Å². The summed E-state index contributed by atoms with van der Waals surface area (Å²) in [6.07, 6.45) is -4.57. The van der Waals surface area contributed by atoms with Gasteiger partial charge in [0.2, 0.25) is 5.91 Å². The van der Waals surface area contributed by atoms with Gasteiger partial charge >= 0.3 is 6.18 Å². The lowest BCUT2D eigenvalue weighted by Gasteiger charge is -2.45. The molecule has 1 amide bonds. The van der Waals surface area contributed by atoms with Gasteiger partial charge in [-0.1, -0.05) is 36.4 Å². The number of hydrogen-bond donors (Lipinski definition) is 3. The van der Waals surface area contributed by atoms with E-state index in [-0.39, 0.29) is 24.3 Å². The van der Waals surface area contributed by atoms with Gasteiger partial charge in [0.25, 0.3) is 0 Å². The Balaban J connectivity index is 1.84. The number of nitrogens with two attached hydrogens (primary N) is 2. The van der Waals surface area contributed by atoms with Gasteiger partial charge < -0.3 is 21.5 Å². The highest BCUT2D eigenvalue weighted by atomic mass is 19.4. The molecule has 3 rings (SSSR count). The Morgan fingerprint density at radius 1 is 1.19 bits per heavy atom. The molecule has 32 heavy (non-hydrogen) atoms. The molecule has 0 bridgehead atoms. The van der Waals surface area contributed by atoms with Crippen LogP contribution in [-0.2, 0) is 27.9 Å². The lowest BCUT2D eigenvalue weighted by atomic mass is 9.76. The second kappa shape index (κ2) is 9.17. The number of rotatable bonds is 7. The molecule has 2 aromatic carbocycles. The van der Waals surface area contributed by atoms with Gasteiger partial charge in [-0.15, -0.1) is 0 Å². The Labute approximate surface area is 184 Å². The van der Waals surface area contributed by atoms with Gasteiger partial charge in [-0.05, 0) is 48.6 Å². The zero-order valence-electron chi connectivity index (χ0n) is 17.7. The average Bonchev–Trinajstić information content (AvgIpc) is 2.78. The topological polar surface area (TPSA) is 90.4 Å². The molecule has 1 aliphatic heterocycles. The van der Waals surface area contributed by atoms with Crippen molar-refractivity contribution in [3.8, 4) is 0 Å². The van der Waals surface area contributed by atoms with E-state index in [1.807, 2.05) is 30.3 Å². The minimum atomic E-state index is -4.59. The number of carbonyl (C=O) groups excluding carboxylic acids is 1. The Morgan fingerprint density at radius 3 is 2.41 bits per heavy atom. The van der Waals surface area contributed by atoms with Crippen molar-refractivity contribution in [2.24, 2.45) is 11.5 Å². The first-order valence-electron chi connectivity index (χ1n) is 10.3. The van der Waals surface area contributed by atoms with Gasteiger partial charge in [-0.25, -0.2) is 4.39 Å². The SMILES string of the molecule is CC(OC[C@@]1(c2ccccc2)CC[C@@](N)(C(N)=O)CN1)c1cc(CF)cc(C(F)(F)F)c1. The van der Waals surface area contributed by atoms with Crippen LogP contribution in [-0.4, -0.2) is 24.6 Å². The van der Waals surface area contributed by atoms with E-state index in [4.69, 9.17) is 16.2 Å². The smallest absolute Gasteiger partial charge is 0.372 e. The summed E-state index contributed by atoms with van der Waals surface area (Å²) < 4.78 is 58.8. The molecule has 1 aliphatic rings. The van der Waals surface area contributed by atoms with Gasteiger partial charge in [0, 0.05) is 6.54 Å². The highest BCUT2D eigenvalue weighted by molar-refractivity contribution is 5.84. The fourth-order valence-corrected chi connectivity index (χ4v) is 3.92. The Hall–Kier alpha value is -2.49. The summed E-state index contributed by atoms with van der Waals surface area (Å²) >= 11 is 0. The number of halogens is 4. The van der Waals surface area contributed by atoms with E-state index >= 15 is 0 Å². The summed E-state index contributed by atoms with van der Waals surface area (Å²) in [4.78, 5) is 11.8. The van der Waals surface area contributed by atoms with E-state index in [0.29, 0.717) is 12.8 Å². The highest BCUT2D eigenvalue weighted by Gasteiger charge is 2.45. The van der Waals surface area contributed by atoms with E-state index in [0.717, 1.165) is 17.7 Å². The summed E-state index contributed by atoms with van der Waals surface area (Å²) in [7, 11) is 0. The van der Waals surface area contributed by atoms with Gasteiger partial charge in [0.15, 0.2) is 0 Å². The van der Waals surface area contributed by atoms with Crippen molar-refractivity contribution in [3.63, 3.8) is 0 Å². The van der Waals surface area contributed by atoms with Gasteiger partial charge in [-0.2, -0.15) is 13.2 Å². The van der Waals surface area contributed by atoms with Gasteiger partial charge in [-0.3, -0.25) is 4.79 Å². The maximum atomic E-state index is 13.2. The maximum Gasteiger partial charge on any atom is 0.416 e. The molecular formula is C23H27F4N3O2. The molecule has 0 aromatic heterocycles. The van der Waals surface area contributed by atoms with Crippen molar-refractivity contribution in [3.05, 3.63) is 70.8 Å². The van der Waals surface area contributed by atoms with Crippen LogP contribution in [0.25, 0.3) is 0 Å². The molecule has 5 N–H and O–H groups in total. The first-order valence-corrected chi connectivity index (χ1v) is 10.3. The summed E-state index contributed by atoms with van der Waals surface area (Å²) in [6, 6.07) is 12.5. The molecule has 1 saturated heterocycles. The normalized spacial score (nSPS) is 24.8. The van der Waals surface area contributed by atoms with Crippen LogP contribution in [0, 0.1) is 0 Å². The number of carbonyl (C=O) groups is 1. The quantitative estimate of drug-likeness (QED) is 0.558. The van der Waals surface area contributed by atoms with E-state index in [2.05, 4.69) is 5.32 Å². The van der Waals surface area contributed by atoms with Crippen LogP contribution in [0.4, 0.5) is 17.6 Å². The molecule has 1 unspecified atom stereocenters. The second-order valence-electron chi connectivity index (χ2n) is 8.37. The number of nitrogens with one attached hydrogen (secondary N) is 1. The molecule has 174 valence electrons. The fourth-order valence-electron chi connectivity index (χ4n) is 3.92. The molecule has 0 spiro atoms. The number of benzene rings is 2. The first-order chi connectivity index (χ1) is 15.0. The lowest BCUT2D eigenvalue weighted by Crippen LogP contribution is -2.66. The van der Waals surface area contributed by atoms with Gasteiger partial charge in [0.05, 0.1) is 23.8 Å². The molecule has 9 heteroatoms. The number of ether oxygens (including phenoxy) is 1. The summed E-state index contributed by atoms with van der Waals surface area (Å²) in [5, 5.41) is 3.30. The van der Waals surface area contributed by atoms with E-state index < -0.39 is 41.5 Å². The zero-order chi connectivity index (χ0) is 23.6. The van der Waals surface area contributed by atoms with Crippen molar-refractivity contribution in [1.29, 1.82) is 0 Å². The first kappa shape index (κ1) is 24.2. The lowest BCUT2D eigenvalue weighted by molar-refractivity contribution is -0.137. The van der Waals surface area contributed by atoms with Crippen molar-refractivity contribution in [2.75, 3.05) is 13.2 Å². The average molecular weight is 453 g/mol. The molecule has 0 aliphatic carbocycles. The number of amides is 1. The standard InChI is InChI=1S/C23H27F4N3O2/c1-15(17-9-16(12-24)10-19(11-17)23(25,26)27)32-14-22(18-5-3-2-4-6-18)8-7-21(29,13-30-22)20(28)31/h2-6,9-11,15,30H,7-8,12-14,29H2,1H3,(H2,28,31)/t15?,21-,22+/m0/s1. The summed E-state index contributed by atoms with van der Waals surface area (Å²) in [6.45, 7) is 0.846. The fraction of sp³-hybridized carbons (Fsp3) is 0.435. The molecule has 0 saturated carbocycles. The monoisotopic (exact) mass is 453 g/mol. The predicted molar refractivity (Wildman–Crippen MR) is 112 cm³/mol. The minimum absolute atomic E-state index is 0.0618. The van der Waals surface area contributed by atoms with E-state index in [1.54, 1.807) is 6.92 Å². The van der Waals surface area contributed by atoms with Crippen LogP contribution < -0.4 is 16.8 Å². The molecule has 3 atom stereocenters. The second-order valence-corrected chi connectivity index (χ2v) is 8.37.